The van der Waals surface area contributed by atoms with Gasteiger partial charge in [-0.25, -0.2) is 4.79 Å². The van der Waals surface area contributed by atoms with E-state index in [1.807, 2.05) is 24.3 Å². The van der Waals surface area contributed by atoms with Gasteiger partial charge in [-0.15, -0.1) is 0 Å². The van der Waals surface area contributed by atoms with E-state index in [1.54, 1.807) is 10.9 Å². The van der Waals surface area contributed by atoms with Crippen LogP contribution in [0.25, 0.3) is 11.3 Å². The van der Waals surface area contributed by atoms with Crippen LogP contribution < -0.4 is 0 Å². The molecule has 0 saturated carbocycles. The highest BCUT2D eigenvalue weighted by Crippen LogP contribution is 2.27. The fraction of sp³-hybridized carbons (Fsp3) is 0.333. The summed E-state index contributed by atoms with van der Waals surface area (Å²) < 4.78 is 2.68. The molecule has 0 fully saturated rings. The first-order chi connectivity index (χ1) is 9.56. The summed E-state index contributed by atoms with van der Waals surface area (Å²) >= 11 is 3.40. The van der Waals surface area contributed by atoms with Crippen molar-refractivity contribution in [1.82, 2.24) is 9.78 Å². The predicted molar refractivity (Wildman–Crippen MR) is 81.9 cm³/mol. The molecule has 0 radical (unpaired) electrons. The second-order valence-corrected chi connectivity index (χ2v) is 5.57. The van der Waals surface area contributed by atoms with E-state index in [0.717, 1.165) is 22.9 Å². The van der Waals surface area contributed by atoms with Crippen molar-refractivity contribution in [3.05, 3.63) is 40.5 Å². The van der Waals surface area contributed by atoms with Crippen LogP contribution in [0, 0.1) is 0 Å². The lowest BCUT2D eigenvalue weighted by Gasteiger charge is -2.12. The van der Waals surface area contributed by atoms with Gasteiger partial charge in [-0.2, -0.15) is 5.10 Å². The van der Waals surface area contributed by atoms with Gasteiger partial charge in [-0.1, -0.05) is 41.9 Å². The molecule has 0 saturated heterocycles. The minimum Gasteiger partial charge on any atom is -0.478 e. The number of nitrogens with zero attached hydrogens (tertiary/aromatic N) is 2. The van der Waals surface area contributed by atoms with Crippen molar-refractivity contribution >= 4 is 21.9 Å². The molecule has 1 aromatic carbocycles. The maximum atomic E-state index is 11.4. The van der Waals surface area contributed by atoms with Crippen molar-refractivity contribution in [3.8, 4) is 11.3 Å². The monoisotopic (exact) mass is 336 g/mol. The number of aromatic carboxylic acids is 1. The highest BCUT2D eigenvalue weighted by Gasteiger charge is 2.19. The summed E-state index contributed by atoms with van der Waals surface area (Å²) in [6, 6.07) is 7.76. The first kappa shape index (κ1) is 14.8. The van der Waals surface area contributed by atoms with Crippen LogP contribution in [0.5, 0.6) is 0 Å². The Bertz CT molecular complexity index is 618. The molecule has 2 rings (SSSR count). The summed E-state index contributed by atoms with van der Waals surface area (Å²) in [7, 11) is 0. The summed E-state index contributed by atoms with van der Waals surface area (Å²) in [5.74, 6) is -0.947. The average Bonchev–Trinajstić information content (AvgIpc) is 2.85. The van der Waals surface area contributed by atoms with Gasteiger partial charge in [0.15, 0.2) is 0 Å². The molecular weight excluding hydrogens is 320 g/mol. The molecule has 1 aromatic heterocycles. The minimum atomic E-state index is -0.947. The summed E-state index contributed by atoms with van der Waals surface area (Å²) in [5, 5.41) is 13.9. The lowest BCUT2D eigenvalue weighted by atomic mass is 10.1. The van der Waals surface area contributed by atoms with Crippen LogP contribution in [0.4, 0.5) is 0 Å². The van der Waals surface area contributed by atoms with E-state index < -0.39 is 5.97 Å². The Kier molecular flexibility index (Phi) is 4.60. The number of benzene rings is 1. The Hall–Kier alpha value is -1.62. The van der Waals surface area contributed by atoms with E-state index >= 15 is 0 Å². The zero-order valence-corrected chi connectivity index (χ0v) is 13.1. The van der Waals surface area contributed by atoms with Gasteiger partial charge in [0.25, 0.3) is 0 Å². The van der Waals surface area contributed by atoms with Gasteiger partial charge in [0.1, 0.15) is 11.3 Å². The first-order valence-corrected chi connectivity index (χ1v) is 7.44. The number of carboxylic acids is 1. The lowest BCUT2D eigenvalue weighted by molar-refractivity contribution is 0.0697. The van der Waals surface area contributed by atoms with Gasteiger partial charge < -0.3 is 5.11 Å². The van der Waals surface area contributed by atoms with Crippen molar-refractivity contribution in [3.63, 3.8) is 0 Å². The molecule has 0 unspecified atom stereocenters. The Morgan fingerprint density at radius 3 is 2.65 bits per heavy atom. The molecular formula is C15H17BrN2O2. The van der Waals surface area contributed by atoms with Crippen LogP contribution in [0.3, 0.4) is 0 Å². The van der Waals surface area contributed by atoms with E-state index in [2.05, 4.69) is 34.9 Å². The zero-order valence-electron chi connectivity index (χ0n) is 11.5. The smallest absolute Gasteiger partial charge is 0.339 e. The number of carboxylic acid groups (broad SMARTS) is 1. The number of hydrogen-bond acceptors (Lipinski definition) is 2. The Morgan fingerprint density at radius 2 is 2.10 bits per heavy atom. The van der Waals surface area contributed by atoms with E-state index in [4.69, 9.17) is 0 Å². The molecule has 4 nitrogen and oxygen atoms in total. The molecule has 2 aromatic rings. The first-order valence-electron chi connectivity index (χ1n) is 6.65. The van der Waals surface area contributed by atoms with Gasteiger partial charge in [-0.3, -0.25) is 4.68 Å². The molecule has 106 valence electrons. The quantitative estimate of drug-likeness (QED) is 0.881. The van der Waals surface area contributed by atoms with Gasteiger partial charge in [0, 0.05) is 16.2 Å². The Morgan fingerprint density at radius 1 is 1.40 bits per heavy atom. The van der Waals surface area contributed by atoms with Gasteiger partial charge in [0.2, 0.25) is 0 Å². The third-order valence-corrected chi connectivity index (χ3v) is 3.87. The van der Waals surface area contributed by atoms with Gasteiger partial charge >= 0.3 is 5.97 Å². The molecule has 0 aliphatic carbocycles. The molecule has 1 N–H and O–H groups in total. The van der Waals surface area contributed by atoms with Crippen molar-refractivity contribution in [1.29, 1.82) is 0 Å². The van der Waals surface area contributed by atoms with Crippen molar-refractivity contribution < 1.29 is 9.90 Å². The van der Waals surface area contributed by atoms with Crippen LogP contribution in [-0.2, 0) is 0 Å². The summed E-state index contributed by atoms with van der Waals surface area (Å²) in [4.78, 5) is 11.4. The van der Waals surface area contributed by atoms with Crippen LogP contribution in [-0.4, -0.2) is 20.9 Å². The third-order valence-electron chi connectivity index (χ3n) is 3.38. The largest absolute Gasteiger partial charge is 0.478 e. The Balaban J connectivity index is 2.54. The average molecular weight is 337 g/mol. The Labute approximate surface area is 126 Å². The second-order valence-electron chi connectivity index (χ2n) is 4.66. The van der Waals surface area contributed by atoms with Gasteiger partial charge in [0.05, 0.1) is 6.04 Å². The van der Waals surface area contributed by atoms with Crippen LogP contribution >= 0.6 is 15.9 Å². The van der Waals surface area contributed by atoms with Crippen LogP contribution in [0.2, 0.25) is 0 Å². The topological polar surface area (TPSA) is 55.1 Å². The maximum Gasteiger partial charge on any atom is 0.339 e. The SMILES string of the molecule is CCC(CC)n1cc(C(=O)O)c(-c2cccc(Br)c2)n1. The second kappa shape index (κ2) is 6.22. The van der Waals surface area contributed by atoms with Crippen LogP contribution in [0.1, 0.15) is 43.1 Å². The minimum absolute atomic E-state index is 0.231. The van der Waals surface area contributed by atoms with E-state index in [9.17, 15) is 9.90 Å². The molecule has 5 heteroatoms. The van der Waals surface area contributed by atoms with E-state index in [-0.39, 0.29) is 11.6 Å². The number of halogens is 1. The molecule has 0 bridgehead atoms. The fourth-order valence-electron chi connectivity index (χ4n) is 2.25. The van der Waals surface area contributed by atoms with Crippen molar-refractivity contribution in [2.24, 2.45) is 0 Å². The van der Waals surface area contributed by atoms with Crippen molar-refractivity contribution in [2.45, 2.75) is 32.7 Å². The third kappa shape index (κ3) is 2.93. The molecule has 0 aliphatic heterocycles. The standard InChI is InChI=1S/C15H17BrN2O2/c1-3-12(4-2)18-9-13(15(19)20)14(17-18)10-6-5-7-11(16)8-10/h5-9,12H,3-4H2,1-2H3,(H,19,20). The molecule has 0 amide bonds. The number of carbonyl (C=O) groups is 1. The normalized spacial score (nSPS) is 11.0. The van der Waals surface area contributed by atoms with Crippen LogP contribution in [0.15, 0.2) is 34.9 Å². The lowest BCUT2D eigenvalue weighted by Crippen LogP contribution is -2.07. The van der Waals surface area contributed by atoms with Gasteiger partial charge in [-0.05, 0) is 25.0 Å². The fourth-order valence-corrected chi connectivity index (χ4v) is 2.65. The number of hydrogen-bond donors (Lipinski definition) is 1. The highest BCUT2D eigenvalue weighted by molar-refractivity contribution is 9.10. The molecule has 1 heterocycles. The number of rotatable bonds is 5. The summed E-state index contributed by atoms with van der Waals surface area (Å²) in [6.07, 6.45) is 3.49. The summed E-state index contributed by atoms with van der Waals surface area (Å²) in [5.41, 5.74) is 1.57. The molecule has 0 aliphatic rings. The van der Waals surface area contributed by atoms with Crippen molar-refractivity contribution in [2.75, 3.05) is 0 Å². The van der Waals surface area contributed by atoms with E-state index in [0.29, 0.717) is 5.69 Å². The molecule has 0 spiro atoms. The molecule has 20 heavy (non-hydrogen) atoms. The summed E-state index contributed by atoms with van der Waals surface area (Å²) in [6.45, 7) is 4.16. The highest BCUT2D eigenvalue weighted by atomic mass is 79.9. The van der Waals surface area contributed by atoms with E-state index in [1.165, 1.54) is 0 Å². The maximum absolute atomic E-state index is 11.4. The number of aromatic nitrogens is 2. The molecule has 0 atom stereocenters. The predicted octanol–water partition coefficient (Wildman–Crippen LogP) is 4.37. The zero-order chi connectivity index (χ0) is 14.7.